The van der Waals surface area contributed by atoms with E-state index in [1.54, 1.807) is 12.4 Å². The Morgan fingerprint density at radius 2 is 1.81 bits per heavy atom. The molecule has 0 unspecified atom stereocenters. The first-order valence-electron chi connectivity index (χ1n) is 12.9. The normalized spacial score (nSPS) is 22.3. The van der Waals surface area contributed by atoms with Crippen LogP contribution in [0.1, 0.15) is 44.2 Å². The SMILES string of the molecule is C[C@H]1CC[C@@H](C(=O)Nc2cnccn2)N1c1nc(Nc2cc(C3CC3)[nH]n2)nc(N2CCN(C)CC2)n1. The van der Waals surface area contributed by atoms with Crippen molar-refractivity contribution in [2.45, 2.75) is 50.6 Å². The molecule has 0 radical (unpaired) electrons. The zero-order chi connectivity index (χ0) is 25.4. The van der Waals surface area contributed by atoms with Crippen LogP contribution in [0.2, 0.25) is 0 Å². The van der Waals surface area contributed by atoms with Gasteiger partial charge in [0.15, 0.2) is 11.6 Å². The van der Waals surface area contributed by atoms with Crippen LogP contribution in [0.5, 0.6) is 0 Å². The van der Waals surface area contributed by atoms with Crippen LogP contribution in [0.3, 0.4) is 0 Å². The smallest absolute Gasteiger partial charge is 0.248 e. The lowest BCUT2D eigenvalue weighted by molar-refractivity contribution is -0.117. The minimum Gasteiger partial charge on any atom is -0.338 e. The van der Waals surface area contributed by atoms with Crippen molar-refractivity contribution in [3.05, 3.63) is 30.4 Å². The number of hydrogen-bond acceptors (Lipinski definition) is 11. The molecule has 1 aliphatic carbocycles. The molecule has 3 aromatic rings. The van der Waals surface area contributed by atoms with Crippen molar-refractivity contribution in [1.29, 1.82) is 0 Å². The average molecular weight is 505 g/mol. The lowest BCUT2D eigenvalue weighted by Gasteiger charge is -2.33. The van der Waals surface area contributed by atoms with E-state index in [1.165, 1.54) is 19.0 Å². The van der Waals surface area contributed by atoms with Gasteiger partial charge in [-0.25, -0.2) is 4.98 Å². The summed E-state index contributed by atoms with van der Waals surface area (Å²) in [4.78, 5) is 42.4. The summed E-state index contributed by atoms with van der Waals surface area (Å²) >= 11 is 0. The molecule has 3 fully saturated rings. The summed E-state index contributed by atoms with van der Waals surface area (Å²) in [5.41, 5.74) is 1.13. The summed E-state index contributed by atoms with van der Waals surface area (Å²) in [5, 5.41) is 13.7. The van der Waals surface area contributed by atoms with E-state index in [9.17, 15) is 4.79 Å². The second-order valence-corrected chi connectivity index (χ2v) is 10.1. The number of carbonyl (C=O) groups is 1. The van der Waals surface area contributed by atoms with E-state index in [2.05, 4.69) is 54.6 Å². The Morgan fingerprint density at radius 3 is 2.57 bits per heavy atom. The quantitative estimate of drug-likeness (QED) is 0.433. The van der Waals surface area contributed by atoms with Crippen LogP contribution in [-0.2, 0) is 4.79 Å². The van der Waals surface area contributed by atoms with Gasteiger partial charge >= 0.3 is 0 Å². The van der Waals surface area contributed by atoms with Gasteiger partial charge in [0.2, 0.25) is 23.8 Å². The minimum atomic E-state index is -0.431. The van der Waals surface area contributed by atoms with Crippen LogP contribution in [-0.4, -0.2) is 91.2 Å². The number of aromatic amines is 1. The number of amides is 1. The summed E-state index contributed by atoms with van der Waals surface area (Å²) in [6.45, 7) is 5.59. The Hall–Kier alpha value is -3.87. The molecular formula is C24H32N12O. The second-order valence-electron chi connectivity index (χ2n) is 10.1. The fourth-order valence-corrected chi connectivity index (χ4v) is 4.94. The minimum absolute atomic E-state index is 0.0834. The maximum absolute atomic E-state index is 13.3. The van der Waals surface area contributed by atoms with Crippen molar-refractivity contribution in [2.24, 2.45) is 0 Å². The number of hydrogen-bond donors (Lipinski definition) is 3. The number of rotatable bonds is 7. The Kier molecular flexibility index (Phi) is 6.28. The second kappa shape index (κ2) is 9.88. The first kappa shape index (κ1) is 23.5. The predicted molar refractivity (Wildman–Crippen MR) is 139 cm³/mol. The van der Waals surface area contributed by atoms with Crippen LogP contribution in [0.15, 0.2) is 24.7 Å². The molecule has 194 valence electrons. The molecular weight excluding hydrogens is 472 g/mol. The van der Waals surface area contributed by atoms with Gasteiger partial charge in [-0.1, -0.05) is 0 Å². The number of nitrogens with one attached hydrogen (secondary N) is 3. The molecule has 37 heavy (non-hydrogen) atoms. The highest BCUT2D eigenvalue weighted by Gasteiger charge is 2.38. The Balaban J connectivity index is 1.30. The zero-order valence-electron chi connectivity index (χ0n) is 21.1. The van der Waals surface area contributed by atoms with E-state index in [0.717, 1.165) is 38.3 Å². The molecule has 2 atom stereocenters. The van der Waals surface area contributed by atoms with Gasteiger partial charge in [-0.15, -0.1) is 0 Å². The van der Waals surface area contributed by atoms with Gasteiger partial charge in [0.1, 0.15) is 6.04 Å². The Labute approximate surface area is 215 Å². The van der Waals surface area contributed by atoms with Crippen LogP contribution < -0.4 is 20.4 Å². The maximum atomic E-state index is 13.3. The molecule has 3 aliphatic rings. The van der Waals surface area contributed by atoms with Gasteiger partial charge in [-0.3, -0.25) is 14.9 Å². The number of aromatic nitrogens is 7. The van der Waals surface area contributed by atoms with E-state index in [-0.39, 0.29) is 11.9 Å². The van der Waals surface area contributed by atoms with Gasteiger partial charge in [-0.2, -0.15) is 20.1 Å². The summed E-state index contributed by atoms with van der Waals surface area (Å²) in [6, 6.07) is 1.67. The lowest BCUT2D eigenvalue weighted by Crippen LogP contribution is -2.46. The third-order valence-electron chi connectivity index (χ3n) is 7.27. The van der Waals surface area contributed by atoms with Crippen molar-refractivity contribution >= 4 is 35.4 Å². The fourth-order valence-electron chi connectivity index (χ4n) is 4.94. The molecule has 3 N–H and O–H groups in total. The Morgan fingerprint density at radius 1 is 1.00 bits per heavy atom. The molecule has 13 nitrogen and oxygen atoms in total. The molecule has 6 rings (SSSR count). The van der Waals surface area contributed by atoms with E-state index >= 15 is 0 Å². The molecule has 13 heteroatoms. The zero-order valence-corrected chi connectivity index (χ0v) is 21.1. The number of likely N-dealkylation sites (N-methyl/N-ethyl adjacent to an activating group) is 1. The number of H-pyrrole nitrogens is 1. The standard InChI is InChI=1S/C24H32N12O/c1-15-3-6-18(21(37)27-20-14-25-7-8-26-20)36(15)24-30-22(28-19-13-17(32-33-19)16-4-5-16)29-23(31-24)35-11-9-34(2)10-12-35/h7-8,13-16,18H,3-6,9-12H2,1-2H3,(H,26,27,37)(H2,28,29,30,31,32,33)/t15-,18-/m0/s1. The van der Waals surface area contributed by atoms with Crippen LogP contribution >= 0.6 is 0 Å². The number of anilines is 5. The van der Waals surface area contributed by atoms with Crippen LogP contribution in [0.4, 0.5) is 29.5 Å². The van der Waals surface area contributed by atoms with Gasteiger partial charge in [0.25, 0.3) is 0 Å². The van der Waals surface area contributed by atoms with E-state index < -0.39 is 6.04 Å². The van der Waals surface area contributed by atoms with E-state index in [1.807, 2.05) is 11.0 Å². The van der Waals surface area contributed by atoms with Crippen molar-refractivity contribution in [1.82, 2.24) is 40.0 Å². The molecule has 1 amide bonds. The summed E-state index contributed by atoms with van der Waals surface area (Å²) in [5.74, 6) is 3.02. The van der Waals surface area contributed by atoms with Crippen LogP contribution in [0.25, 0.3) is 0 Å². The lowest BCUT2D eigenvalue weighted by atomic mass is 10.2. The first-order valence-corrected chi connectivity index (χ1v) is 12.9. The molecule has 1 saturated carbocycles. The summed E-state index contributed by atoms with van der Waals surface area (Å²) < 4.78 is 0. The molecule has 0 spiro atoms. The fraction of sp³-hybridized carbons (Fsp3) is 0.542. The number of piperazine rings is 1. The van der Waals surface area contributed by atoms with Gasteiger partial charge < -0.3 is 25.3 Å². The van der Waals surface area contributed by atoms with Crippen LogP contribution in [0, 0.1) is 0 Å². The monoisotopic (exact) mass is 504 g/mol. The third kappa shape index (κ3) is 5.17. The highest BCUT2D eigenvalue weighted by Crippen LogP contribution is 2.39. The van der Waals surface area contributed by atoms with E-state index in [4.69, 9.17) is 15.0 Å². The Bertz CT molecular complexity index is 1240. The largest absolute Gasteiger partial charge is 0.338 e. The third-order valence-corrected chi connectivity index (χ3v) is 7.27. The van der Waals surface area contributed by atoms with E-state index in [0.29, 0.717) is 41.8 Å². The molecule has 0 bridgehead atoms. The molecule has 2 saturated heterocycles. The van der Waals surface area contributed by atoms with Crippen molar-refractivity contribution in [2.75, 3.05) is 53.7 Å². The number of carbonyl (C=O) groups excluding carboxylic acids is 1. The van der Waals surface area contributed by atoms with Gasteiger partial charge in [0.05, 0.1) is 6.20 Å². The predicted octanol–water partition coefficient (Wildman–Crippen LogP) is 1.75. The molecule has 5 heterocycles. The van der Waals surface area contributed by atoms with Gasteiger partial charge in [-0.05, 0) is 39.7 Å². The molecule has 0 aromatic carbocycles. The van der Waals surface area contributed by atoms with Crippen molar-refractivity contribution in [3.63, 3.8) is 0 Å². The highest BCUT2D eigenvalue weighted by atomic mass is 16.2. The topological polar surface area (TPSA) is 144 Å². The van der Waals surface area contributed by atoms with Crippen molar-refractivity contribution in [3.8, 4) is 0 Å². The summed E-state index contributed by atoms with van der Waals surface area (Å²) in [6.07, 6.45) is 8.59. The maximum Gasteiger partial charge on any atom is 0.248 e. The number of nitrogens with zero attached hydrogens (tertiary/aromatic N) is 9. The molecule has 2 aliphatic heterocycles. The average Bonchev–Trinajstić information content (AvgIpc) is 3.53. The summed E-state index contributed by atoms with van der Waals surface area (Å²) in [7, 11) is 2.12. The van der Waals surface area contributed by atoms with Crippen molar-refractivity contribution < 1.29 is 4.79 Å². The highest BCUT2D eigenvalue weighted by molar-refractivity contribution is 5.96. The molecule has 3 aromatic heterocycles. The van der Waals surface area contributed by atoms with Gasteiger partial charge in [0, 0.05) is 62.3 Å². The first-order chi connectivity index (χ1) is 18.0.